The van der Waals surface area contributed by atoms with Crippen molar-refractivity contribution in [3.63, 3.8) is 0 Å². The Labute approximate surface area is 214 Å². The molecule has 1 atom stereocenters. The maximum absolute atomic E-state index is 12.5. The number of esters is 1. The van der Waals surface area contributed by atoms with E-state index in [2.05, 4.69) is 66.7 Å². The highest BCUT2D eigenvalue weighted by Gasteiger charge is 2.19. The highest BCUT2D eigenvalue weighted by atomic mass is 16.5. The van der Waals surface area contributed by atoms with Crippen molar-refractivity contribution in [3.8, 4) is 16.9 Å². The molecule has 184 valence electrons. The van der Waals surface area contributed by atoms with Crippen molar-refractivity contribution >= 4 is 5.97 Å². The van der Waals surface area contributed by atoms with E-state index in [1.165, 1.54) is 18.2 Å². The van der Waals surface area contributed by atoms with E-state index in [1.54, 1.807) is 0 Å². The molecule has 1 unspecified atom stereocenters. The van der Waals surface area contributed by atoms with Gasteiger partial charge in [-0.05, 0) is 66.5 Å². The van der Waals surface area contributed by atoms with E-state index in [9.17, 15) is 4.79 Å². The number of carbonyl (C=O) groups is 1. The van der Waals surface area contributed by atoms with Gasteiger partial charge in [0.05, 0.1) is 13.0 Å². The van der Waals surface area contributed by atoms with Gasteiger partial charge in [0, 0.05) is 5.56 Å². The van der Waals surface area contributed by atoms with Crippen LogP contribution in [0.5, 0.6) is 5.75 Å². The molecule has 36 heavy (non-hydrogen) atoms. The Kier molecular flexibility index (Phi) is 9.32. The normalized spacial score (nSPS) is 11.6. The lowest BCUT2D eigenvalue weighted by Crippen LogP contribution is -2.17. The zero-order chi connectivity index (χ0) is 25.0. The first-order valence-corrected chi connectivity index (χ1v) is 12.7. The van der Waals surface area contributed by atoms with Crippen LogP contribution in [0.1, 0.15) is 36.0 Å². The third-order valence-electron chi connectivity index (χ3n) is 6.54. The molecule has 3 heteroatoms. The Morgan fingerprint density at radius 2 is 1.33 bits per heavy atom. The summed E-state index contributed by atoms with van der Waals surface area (Å²) in [6, 6.07) is 37.3. The molecular weight excluding hydrogens is 444 g/mol. The molecule has 4 rings (SSSR count). The summed E-state index contributed by atoms with van der Waals surface area (Å²) in [7, 11) is 1.49. The lowest BCUT2D eigenvalue weighted by Gasteiger charge is -2.17. The van der Waals surface area contributed by atoms with Crippen LogP contribution in [0.4, 0.5) is 0 Å². The highest BCUT2D eigenvalue weighted by molar-refractivity contribution is 5.73. The highest BCUT2D eigenvalue weighted by Crippen LogP contribution is 2.32. The summed E-state index contributed by atoms with van der Waals surface area (Å²) in [5.41, 5.74) is 5.83. The monoisotopic (exact) mass is 478 g/mol. The van der Waals surface area contributed by atoms with Crippen molar-refractivity contribution in [3.05, 3.63) is 126 Å². The number of benzene rings is 4. The number of hydrogen-bond donors (Lipinski definition) is 0. The number of ether oxygens (including phenoxy) is 2. The Hall–Kier alpha value is -3.85. The third kappa shape index (κ3) is 7.32. The maximum Gasteiger partial charge on any atom is 0.308 e. The predicted molar refractivity (Wildman–Crippen MR) is 146 cm³/mol. The van der Waals surface area contributed by atoms with Crippen molar-refractivity contribution in [2.24, 2.45) is 5.92 Å². The standard InChI is InChI=1S/C33H34O3/c1-35-33(34)30(19-11-16-26-12-5-2-6-13-26)22-20-27-21-23-32(36-25-28-14-7-3-8-15-28)31(24-27)29-17-9-4-10-18-29/h2-10,12-15,17-18,21,23-24,30H,11,16,19-20,22,25H2,1H3. The molecule has 0 aliphatic carbocycles. The third-order valence-corrected chi connectivity index (χ3v) is 6.54. The van der Waals surface area contributed by atoms with Gasteiger partial charge in [-0.2, -0.15) is 0 Å². The molecule has 0 saturated carbocycles. The van der Waals surface area contributed by atoms with E-state index in [0.29, 0.717) is 6.61 Å². The summed E-state index contributed by atoms with van der Waals surface area (Å²) in [4.78, 5) is 12.5. The molecule has 3 nitrogen and oxygen atoms in total. The molecule has 4 aromatic rings. The van der Waals surface area contributed by atoms with Gasteiger partial charge in [-0.1, -0.05) is 97.1 Å². The van der Waals surface area contributed by atoms with E-state index in [0.717, 1.165) is 54.5 Å². The molecule has 0 bridgehead atoms. The van der Waals surface area contributed by atoms with E-state index < -0.39 is 0 Å². The Morgan fingerprint density at radius 1 is 0.694 bits per heavy atom. The zero-order valence-corrected chi connectivity index (χ0v) is 20.9. The van der Waals surface area contributed by atoms with Crippen molar-refractivity contribution in [1.29, 1.82) is 0 Å². The largest absolute Gasteiger partial charge is 0.488 e. The van der Waals surface area contributed by atoms with Gasteiger partial charge in [0.15, 0.2) is 0 Å². The number of methoxy groups -OCH3 is 1. The fraction of sp³-hybridized carbons (Fsp3) is 0.242. The SMILES string of the molecule is COC(=O)C(CCCc1ccccc1)CCc1ccc(OCc2ccccc2)c(-c2ccccc2)c1. The summed E-state index contributed by atoms with van der Waals surface area (Å²) in [5.74, 6) is 0.642. The number of aryl methyl sites for hydroxylation is 2. The van der Waals surface area contributed by atoms with Gasteiger partial charge in [-0.25, -0.2) is 0 Å². The molecule has 0 spiro atoms. The van der Waals surface area contributed by atoms with E-state index in [1.807, 2.05) is 42.5 Å². The second kappa shape index (κ2) is 13.3. The van der Waals surface area contributed by atoms with Gasteiger partial charge in [0.1, 0.15) is 12.4 Å². The number of carbonyl (C=O) groups excluding carboxylic acids is 1. The van der Waals surface area contributed by atoms with Gasteiger partial charge >= 0.3 is 5.97 Å². The maximum atomic E-state index is 12.5. The van der Waals surface area contributed by atoms with Gasteiger partial charge in [0.25, 0.3) is 0 Å². The minimum absolute atomic E-state index is 0.104. The van der Waals surface area contributed by atoms with Crippen LogP contribution in [0.15, 0.2) is 109 Å². The van der Waals surface area contributed by atoms with Gasteiger partial charge in [-0.3, -0.25) is 4.79 Å². The molecule has 0 amide bonds. The smallest absolute Gasteiger partial charge is 0.308 e. The summed E-state index contributed by atoms with van der Waals surface area (Å²) < 4.78 is 11.4. The summed E-state index contributed by atoms with van der Waals surface area (Å²) in [6.45, 7) is 0.520. The second-order valence-corrected chi connectivity index (χ2v) is 9.11. The number of hydrogen-bond acceptors (Lipinski definition) is 3. The van der Waals surface area contributed by atoms with E-state index in [4.69, 9.17) is 9.47 Å². The molecule has 0 heterocycles. The van der Waals surface area contributed by atoms with Crippen LogP contribution >= 0.6 is 0 Å². The molecule has 0 N–H and O–H groups in total. The summed E-state index contributed by atoms with van der Waals surface area (Å²) in [6.07, 6.45) is 4.33. The van der Waals surface area contributed by atoms with Crippen LogP contribution in [-0.4, -0.2) is 13.1 Å². The molecule has 4 aromatic carbocycles. The average Bonchev–Trinajstić information content (AvgIpc) is 2.95. The topological polar surface area (TPSA) is 35.5 Å². The molecule has 0 radical (unpaired) electrons. The lowest BCUT2D eigenvalue weighted by atomic mass is 9.92. The van der Waals surface area contributed by atoms with Crippen molar-refractivity contribution < 1.29 is 14.3 Å². The summed E-state index contributed by atoms with van der Waals surface area (Å²) in [5, 5.41) is 0. The minimum Gasteiger partial charge on any atom is -0.488 e. The molecule has 0 aromatic heterocycles. The molecule has 0 fully saturated rings. The quantitative estimate of drug-likeness (QED) is 0.196. The first-order valence-electron chi connectivity index (χ1n) is 12.7. The molecule has 0 aliphatic heterocycles. The van der Waals surface area contributed by atoms with Gasteiger partial charge in [0.2, 0.25) is 0 Å². The fourth-order valence-electron chi connectivity index (χ4n) is 4.52. The second-order valence-electron chi connectivity index (χ2n) is 9.11. The zero-order valence-electron chi connectivity index (χ0n) is 20.9. The van der Waals surface area contributed by atoms with Gasteiger partial charge in [-0.15, -0.1) is 0 Å². The van der Waals surface area contributed by atoms with Crippen LogP contribution in [0.2, 0.25) is 0 Å². The van der Waals surface area contributed by atoms with E-state index >= 15 is 0 Å². The lowest BCUT2D eigenvalue weighted by molar-refractivity contribution is -0.145. The predicted octanol–water partition coefficient (Wildman–Crippen LogP) is 7.68. The van der Waals surface area contributed by atoms with Crippen LogP contribution < -0.4 is 4.74 Å². The minimum atomic E-state index is -0.117. The van der Waals surface area contributed by atoms with Crippen LogP contribution in [-0.2, 0) is 29.0 Å². The van der Waals surface area contributed by atoms with Crippen LogP contribution in [0.3, 0.4) is 0 Å². The first-order chi connectivity index (χ1) is 17.7. The number of rotatable bonds is 12. The fourth-order valence-corrected chi connectivity index (χ4v) is 4.52. The molecular formula is C33H34O3. The van der Waals surface area contributed by atoms with Gasteiger partial charge < -0.3 is 9.47 Å². The van der Waals surface area contributed by atoms with Crippen molar-refractivity contribution in [2.45, 2.75) is 38.7 Å². The van der Waals surface area contributed by atoms with E-state index in [-0.39, 0.29) is 11.9 Å². The van der Waals surface area contributed by atoms with Crippen molar-refractivity contribution in [2.75, 3.05) is 7.11 Å². The molecule has 0 aliphatic rings. The first kappa shape index (κ1) is 25.2. The Balaban J connectivity index is 1.44. The Morgan fingerprint density at radius 3 is 2.00 bits per heavy atom. The van der Waals surface area contributed by atoms with Crippen LogP contribution in [0.25, 0.3) is 11.1 Å². The average molecular weight is 479 g/mol. The Bertz CT molecular complexity index is 1200. The van der Waals surface area contributed by atoms with Crippen LogP contribution in [0, 0.1) is 5.92 Å². The van der Waals surface area contributed by atoms with Crippen molar-refractivity contribution in [1.82, 2.24) is 0 Å². The molecule has 0 saturated heterocycles. The summed E-state index contributed by atoms with van der Waals surface area (Å²) >= 11 is 0.